The van der Waals surface area contributed by atoms with Crippen LogP contribution in [0.5, 0.6) is 0 Å². The largest absolute Gasteiger partial charge is 0.345 e. The van der Waals surface area contributed by atoms with Gasteiger partial charge in [0, 0.05) is 30.6 Å². The highest BCUT2D eigenvalue weighted by atomic mass is 16.2. The predicted molar refractivity (Wildman–Crippen MR) is 126 cm³/mol. The highest BCUT2D eigenvalue weighted by Gasteiger charge is 2.57. The Hall–Kier alpha value is -3.15. The number of carbonyl (C=O) groups is 1. The van der Waals surface area contributed by atoms with Gasteiger partial charge in [-0.2, -0.15) is 0 Å². The van der Waals surface area contributed by atoms with E-state index in [0.29, 0.717) is 0 Å². The Kier molecular flexibility index (Phi) is 3.79. The standard InChI is InChI=1S/C26H29N5O/c1-15-29-21-13-18-17(11-22(21)30(15)5)12-23-25(2,3)26(18,4)8-9-31(23)24(32)16-6-7-19-20(10-16)28-14-27-19/h6-7,10-11,13-14,23H,8-9,12H2,1-5H3,(H,27,28). The average Bonchev–Trinajstić information content (AvgIpc) is 3.33. The summed E-state index contributed by atoms with van der Waals surface area (Å²) < 4.78 is 2.16. The molecule has 2 atom stereocenters. The van der Waals surface area contributed by atoms with E-state index in [2.05, 4.69) is 66.3 Å². The van der Waals surface area contributed by atoms with Gasteiger partial charge in [-0.15, -0.1) is 0 Å². The molecule has 6 rings (SSSR count). The van der Waals surface area contributed by atoms with E-state index in [0.717, 1.165) is 47.3 Å². The Bertz CT molecular complexity index is 1410. The van der Waals surface area contributed by atoms with Crippen molar-refractivity contribution >= 4 is 28.0 Å². The number of fused-ring (bicyclic) bond motifs is 6. The van der Waals surface area contributed by atoms with E-state index < -0.39 is 0 Å². The van der Waals surface area contributed by atoms with E-state index in [1.807, 2.05) is 18.2 Å². The number of carbonyl (C=O) groups excluding carboxylic acids is 1. The van der Waals surface area contributed by atoms with Crippen LogP contribution in [0.25, 0.3) is 22.1 Å². The number of aromatic nitrogens is 4. The molecule has 6 heteroatoms. The van der Waals surface area contributed by atoms with E-state index in [1.165, 1.54) is 16.6 Å². The number of nitrogens with one attached hydrogen (secondary N) is 1. The second-order valence-corrected chi connectivity index (χ2v) is 10.4. The van der Waals surface area contributed by atoms with E-state index in [-0.39, 0.29) is 22.8 Å². The lowest BCUT2D eigenvalue weighted by Gasteiger charge is -2.60. The fourth-order valence-corrected chi connectivity index (χ4v) is 6.20. The van der Waals surface area contributed by atoms with E-state index in [1.54, 1.807) is 6.33 Å². The number of piperidine rings is 1. The molecule has 0 radical (unpaired) electrons. The van der Waals surface area contributed by atoms with Crippen molar-refractivity contribution in [3.05, 3.63) is 59.2 Å². The van der Waals surface area contributed by atoms with Gasteiger partial charge in [0.25, 0.3) is 5.91 Å². The first-order valence-corrected chi connectivity index (χ1v) is 11.4. The maximum absolute atomic E-state index is 13.7. The summed E-state index contributed by atoms with van der Waals surface area (Å²) in [5.74, 6) is 1.14. The van der Waals surface area contributed by atoms with Gasteiger partial charge in [0.2, 0.25) is 0 Å². The smallest absolute Gasteiger partial charge is 0.254 e. The van der Waals surface area contributed by atoms with Gasteiger partial charge >= 0.3 is 0 Å². The number of hydrogen-bond acceptors (Lipinski definition) is 3. The van der Waals surface area contributed by atoms with Crippen molar-refractivity contribution in [2.24, 2.45) is 12.5 Å². The summed E-state index contributed by atoms with van der Waals surface area (Å²) in [4.78, 5) is 28.1. The molecule has 2 bridgehead atoms. The van der Waals surface area contributed by atoms with E-state index >= 15 is 0 Å². The van der Waals surface area contributed by atoms with Crippen LogP contribution in [0.1, 0.15) is 54.5 Å². The first-order valence-electron chi connectivity index (χ1n) is 11.4. The second kappa shape index (κ2) is 6.21. The molecule has 4 aromatic rings. The molecular formula is C26H29N5O. The van der Waals surface area contributed by atoms with Crippen LogP contribution in [0.3, 0.4) is 0 Å². The van der Waals surface area contributed by atoms with Gasteiger partial charge in [0.1, 0.15) is 5.82 Å². The number of likely N-dealkylation sites (tertiary alicyclic amines) is 1. The number of amides is 1. The molecule has 0 saturated carbocycles. The molecular weight excluding hydrogens is 398 g/mol. The zero-order valence-electron chi connectivity index (χ0n) is 19.4. The quantitative estimate of drug-likeness (QED) is 0.486. The maximum Gasteiger partial charge on any atom is 0.254 e. The zero-order valence-corrected chi connectivity index (χ0v) is 19.4. The van der Waals surface area contributed by atoms with Crippen LogP contribution in [-0.4, -0.2) is 42.9 Å². The molecule has 1 N–H and O–H groups in total. The zero-order chi connectivity index (χ0) is 22.4. The summed E-state index contributed by atoms with van der Waals surface area (Å²) in [6.45, 7) is 9.89. The number of imidazole rings is 2. The Morgan fingerprint density at radius 3 is 2.78 bits per heavy atom. The van der Waals surface area contributed by atoms with Crippen molar-refractivity contribution in [2.75, 3.05) is 6.54 Å². The number of benzene rings is 2. The minimum Gasteiger partial charge on any atom is -0.345 e. The van der Waals surface area contributed by atoms with Crippen LogP contribution in [0.15, 0.2) is 36.7 Å². The first kappa shape index (κ1) is 19.5. The molecule has 2 aromatic heterocycles. The fraction of sp³-hybridized carbons (Fsp3) is 0.423. The van der Waals surface area contributed by atoms with Crippen molar-refractivity contribution in [1.29, 1.82) is 0 Å². The summed E-state index contributed by atoms with van der Waals surface area (Å²) in [5, 5.41) is 0. The molecule has 1 saturated heterocycles. The van der Waals surface area contributed by atoms with Gasteiger partial charge in [0.05, 0.1) is 28.4 Å². The molecule has 1 aliphatic heterocycles. The van der Waals surface area contributed by atoms with Crippen molar-refractivity contribution in [3.8, 4) is 0 Å². The van der Waals surface area contributed by atoms with Gasteiger partial charge in [-0.3, -0.25) is 4.79 Å². The minimum atomic E-state index is -0.0521. The molecule has 32 heavy (non-hydrogen) atoms. The molecule has 1 aliphatic carbocycles. The van der Waals surface area contributed by atoms with Crippen LogP contribution >= 0.6 is 0 Å². The van der Waals surface area contributed by atoms with E-state index in [9.17, 15) is 4.79 Å². The number of hydrogen-bond donors (Lipinski definition) is 1. The van der Waals surface area contributed by atoms with Gasteiger partial charge in [0.15, 0.2) is 0 Å². The van der Waals surface area contributed by atoms with Crippen molar-refractivity contribution in [2.45, 2.75) is 52.0 Å². The third-order valence-electron chi connectivity index (χ3n) is 8.75. The van der Waals surface area contributed by atoms with Gasteiger partial charge in [-0.25, -0.2) is 9.97 Å². The Labute approximate surface area is 187 Å². The lowest BCUT2D eigenvalue weighted by molar-refractivity contribution is -0.0261. The van der Waals surface area contributed by atoms with Crippen molar-refractivity contribution < 1.29 is 4.79 Å². The van der Waals surface area contributed by atoms with Gasteiger partial charge in [-0.05, 0) is 66.6 Å². The third kappa shape index (κ3) is 2.38. The maximum atomic E-state index is 13.7. The highest BCUT2D eigenvalue weighted by Crippen LogP contribution is 2.56. The molecule has 6 nitrogen and oxygen atoms in total. The number of nitrogens with zero attached hydrogens (tertiary/aromatic N) is 4. The summed E-state index contributed by atoms with van der Waals surface area (Å²) in [6.07, 6.45) is 3.49. The monoisotopic (exact) mass is 427 g/mol. The molecule has 1 fully saturated rings. The van der Waals surface area contributed by atoms with Crippen LogP contribution < -0.4 is 0 Å². The van der Waals surface area contributed by atoms with Crippen LogP contribution in [-0.2, 0) is 18.9 Å². The average molecular weight is 428 g/mol. The first-order chi connectivity index (χ1) is 15.2. The Balaban J connectivity index is 1.46. The molecule has 2 aromatic carbocycles. The summed E-state index contributed by atoms with van der Waals surface area (Å²) in [6, 6.07) is 10.5. The number of aryl methyl sites for hydroxylation is 2. The SMILES string of the molecule is Cc1nc2cc3c(cc2n1C)CC1N(C(=O)c2ccc4nc[nH]c4c2)CCC3(C)C1(C)C. The van der Waals surface area contributed by atoms with Crippen molar-refractivity contribution in [3.63, 3.8) is 0 Å². The van der Waals surface area contributed by atoms with Gasteiger partial charge < -0.3 is 14.5 Å². The lowest BCUT2D eigenvalue weighted by Crippen LogP contribution is -2.64. The lowest BCUT2D eigenvalue weighted by atomic mass is 9.51. The minimum absolute atomic E-state index is 0.00498. The summed E-state index contributed by atoms with van der Waals surface area (Å²) in [5.41, 5.74) is 7.47. The Morgan fingerprint density at radius 1 is 1.16 bits per heavy atom. The molecule has 3 heterocycles. The second-order valence-electron chi connectivity index (χ2n) is 10.4. The Morgan fingerprint density at radius 2 is 1.97 bits per heavy atom. The summed E-state index contributed by atoms with van der Waals surface area (Å²) >= 11 is 0. The van der Waals surface area contributed by atoms with Crippen LogP contribution in [0.2, 0.25) is 0 Å². The van der Waals surface area contributed by atoms with Crippen molar-refractivity contribution in [1.82, 2.24) is 24.4 Å². The predicted octanol–water partition coefficient (Wildman–Crippen LogP) is 4.51. The number of aromatic amines is 1. The summed E-state index contributed by atoms with van der Waals surface area (Å²) in [7, 11) is 2.08. The number of H-pyrrole nitrogens is 1. The normalized spacial score (nSPS) is 24.2. The van der Waals surface area contributed by atoms with E-state index in [4.69, 9.17) is 4.98 Å². The molecule has 2 aliphatic rings. The van der Waals surface area contributed by atoms with Crippen LogP contribution in [0, 0.1) is 12.3 Å². The topological polar surface area (TPSA) is 66.8 Å². The number of rotatable bonds is 1. The fourth-order valence-electron chi connectivity index (χ4n) is 6.20. The molecule has 0 spiro atoms. The molecule has 1 amide bonds. The van der Waals surface area contributed by atoms with Gasteiger partial charge in [-0.1, -0.05) is 20.8 Å². The van der Waals surface area contributed by atoms with Crippen LogP contribution in [0.4, 0.5) is 0 Å². The highest BCUT2D eigenvalue weighted by molar-refractivity contribution is 5.97. The molecule has 2 unspecified atom stereocenters. The third-order valence-corrected chi connectivity index (χ3v) is 8.75. The molecule has 164 valence electrons.